The molecule has 1 saturated heterocycles. The lowest BCUT2D eigenvalue weighted by molar-refractivity contribution is -0.555. The van der Waals surface area contributed by atoms with E-state index in [1.165, 1.54) is 18.2 Å². The molecule has 0 radical (unpaired) electrons. The van der Waals surface area contributed by atoms with Crippen LogP contribution in [0.5, 0.6) is 11.5 Å². The van der Waals surface area contributed by atoms with Gasteiger partial charge in [0.25, 0.3) is 11.8 Å². The molecule has 0 saturated carbocycles. The number of allylic oxidation sites excluding steroid dienone is 1. The van der Waals surface area contributed by atoms with Gasteiger partial charge in [0.2, 0.25) is 5.54 Å². The summed E-state index contributed by atoms with van der Waals surface area (Å²) in [6.07, 6.45) is 3.14. The minimum Gasteiger partial charge on any atom is -0.497 e. The Balaban J connectivity index is 1.44. The largest absolute Gasteiger partial charge is 0.497 e. The van der Waals surface area contributed by atoms with Crippen molar-refractivity contribution in [3.8, 4) is 34.6 Å². The van der Waals surface area contributed by atoms with E-state index in [1.807, 2.05) is 7.05 Å². The summed E-state index contributed by atoms with van der Waals surface area (Å²) >= 11 is 0. The van der Waals surface area contributed by atoms with Crippen molar-refractivity contribution in [1.29, 1.82) is 5.41 Å². The van der Waals surface area contributed by atoms with Crippen molar-refractivity contribution in [1.82, 2.24) is 20.5 Å². The number of pyridine rings is 1. The number of quaternary nitrogens is 1. The van der Waals surface area contributed by atoms with E-state index in [1.54, 1.807) is 73.0 Å². The molecule has 2 aliphatic rings. The van der Waals surface area contributed by atoms with Gasteiger partial charge in [-0.15, -0.1) is 0 Å². The Hall–Kier alpha value is -5.80. The lowest BCUT2D eigenvalue weighted by Crippen LogP contribution is -2.72. The molecule has 45 heavy (non-hydrogen) atoms. The summed E-state index contributed by atoms with van der Waals surface area (Å²) in [5, 5.41) is 14.4. The fourth-order valence-electron chi connectivity index (χ4n) is 4.98. The Morgan fingerprint density at radius 1 is 1.16 bits per heavy atom. The van der Waals surface area contributed by atoms with Gasteiger partial charge in [0.1, 0.15) is 17.6 Å². The van der Waals surface area contributed by atoms with Crippen LogP contribution in [0.1, 0.15) is 40.5 Å². The van der Waals surface area contributed by atoms with E-state index in [2.05, 4.69) is 27.5 Å². The molecule has 0 bridgehead atoms. The minimum absolute atomic E-state index is 0.160. The summed E-state index contributed by atoms with van der Waals surface area (Å²) in [5.74, 6) is 5.31. The lowest BCUT2D eigenvalue weighted by Gasteiger charge is -2.26. The van der Waals surface area contributed by atoms with Crippen molar-refractivity contribution in [3.63, 3.8) is 0 Å². The van der Waals surface area contributed by atoms with Crippen LogP contribution >= 0.6 is 0 Å². The van der Waals surface area contributed by atoms with Gasteiger partial charge in [-0.05, 0) is 42.0 Å². The number of imide groups is 1. The van der Waals surface area contributed by atoms with Crippen LogP contribution < -0.4 is 25.4 Å². The number of carbonyl (C=O) groups excluding carboxylic acids is 4. The number of carbonyl (C=O) groups is 4. The Morgan fingerprint density at radius 3 is 2.58 bits per heavy atom. The Labute approximate surface area is 259 Å². The van der Waals surface area contributed by atoms with E-state index >= 15 is 0 Å². The van der Waals surface area contributed by atoms with Crippen molar-refractivity contribution in [3.05, 3.63) is 83.2 Å². The predicted molar refractivity (Wildman–Crippen MR) is 164 cm³/mol. The zero-order valence-electron chi connectivity index (χ0n) is 24.9. The van der Waals surface area contributed by atoms with Gasteiger partial charge in [-0.1, -0.05) is 37.0 Å². The van der Waals surface area contributed by atoms with Gasteiger partial charge in [-0.2, -0.15) is 0 Å². The smallest absolute Gasteiger partial charge is 0.323 e. The molecule has 3 heterocycles. The molecule has 2 aliphatic heterocycles. The zero-order valence-corrected chi connectivity index (χ0v) is 24.9. The number of methoxy groups -OCH3 is 1. The van der Waals surface area contributed by atoms with E-state index in [-0.39, 0.29) is 31.2 Å². The molecule has 1 fully saturated rings. The molecule has 228 valence electrons. The third kappa shape index (κ3) is 6.29. The van der Waals surface area contributed by atoms with Gasteiger partial charge in [-0.3, -0.25) is 19.7 Å². The molecule has 0 aliphatic carbocycles. The molecule has 5 rings (SSSR count). The maximum atomic E-state index is 13.2. The second-order valence-corrected chi connectivity index (χ2v) is 10.3. The number of benzene rings is 2. The molecule has 4 amide bonds. The minimum atomic E-state index is -1.67. The van der Waals surface area contributed by atoms with Crippen molar-refractivity contribution in [2.45, 2.75) is 25.4 Å². The van der Waals surface area contributed by atoms with Crippen LogP contribution in [0, 0.1) is 17.3 Å². The number of hydrogen-bond donors (Lipinski definition) is 4. The molecule has 0 unspecified atom stereocenters. The van der Waals surface area contributed by atoms with Gasteiger partial charge in [-0.25, -0.2) is 9.78 Å². The number of fused-ring (bicyclic) bond motifs is 1. The van der Waals surface area contributed by atoms with Gasteiger partial charge in [0, 0.05) is 35.9 Å². The number of esters is 1. The molecule has 5 N–H and O–H groups in total. The highest BCUT2D eigenvalue weighted by atomic mass is 16.5. The number of nitrogens with zero attached hydrogens (tertiary/aromatic N) is 2. The number of nitrogens with one attached hydrogen (secondary N) is 3. The second-order valence-electron chi connectivity index (χ2n) is 10.3. The highest BCUT2D eigenvalue weighted by molar-refractivity contribution is 6.10. The molecule has 3 aromatic rings. The van der Waals surface area contributed by atoms with E-state index in [4.69, 9.17) is 14.9 Å². The summed E-state index contributed by atoms with van der Waals surface area (Å²) in [6, 6.07) is 14.7. The molecule has 1 aromatic heterocycles. The highest BCUT2D eigenvalue weighted by Gasteiger charge is 2.48. The molecular weight excluding hydrogens is 576 g/mol. The normalized spacial score (nSPS) is 17.2. The van der Waals surface area contributed by atoms with E-state index in [0.29, 0.717) is 39.4 Å². The summed E-state index contributed by atoms with van der Waals surface area (Å²) in [4.78, 5) is 56.7. The first-order chi connectivity index (χ1) is 21.7. The highest BCUT2D eigenvalue weighted by Crippen LogP contribution is 2.31. The Bertz CT molecular complexity index is 1810. The summed E-state index contributed by atoms with van der Waals surface area (Å²) in [6.45, 7) is 1.79. The predicted octanol–water partition coefficient (Wildman–Crippen LogP) is 1.84. The van der Waals surface area contributed by atoms with E-state index < -0.39 is 23.4 Å². The van der Waals surface area contributed by atoms with Gasteiger partial charge in [0.05, 0.1) is 32.0 Å². The van der Waals surface area contributed by atoms with Gasteiger partial charge in [0.15, 0.2) is 5.75 Å². The van der Waals surface area contributed by atoms with Crippen molar-refractivity contribution >= 4 is 35.6 Å². The first kappa shape index (κ1) is 30.7. The summed E-state index contributed by atoms with van der Waals surface area (Å²) in [7, 11) is 3.35. The van der Waals surface area contributed by atoms with Gasteiger partial charge < -0.3 is 30.4 Å². The van der Waals surface area contributed by atoms with Crippen molar-refractivity contribution in [2.75, 3.05) is 20.7 Å². The van der Waals surface area contributed by atoms with E-state index in [0.717, 1.165) is 5.56 Å². The van der Waals surface area contributed by atoms with Crippen LogP contribution in [-0.2, 0) is 16.1 Å². The van der Waals surface area contributed by atoms with Crippen LogP contribution in [0.2, 0.25) is 0 Å². The summed E-state index contributed by atoms with van der Waals surface area (Å²) in [5.41, 5.74) is 2.25. The number of aromatic nitrogens is 1. The maximum absolute atomic E-state index is 13.2. The molecule has 1 atom stereocenters. The number of nitrogens with two attached hydrogens (primary N) is 1. The number of urea groups is 1. The average Bonchev–Trinajstić information content (AvgIpc) is 3.51. The fraction of sp³-hybridized carbons (Fsp3) is 0.212. The molecule has 0 spiro atoms. The van der Waals surface area contributed by atoms with Gasteiger partial charge >= 0.3 is 12.0 Å². The zero-order chi connectivity index (χ0) is 32.1. The molecule has 12 nitrogen and oxygen atoms in total. The second kappa shape index (κ2) is 12.8. The number of rotatable bonds is 9. The Kier molecular flexibility index (Phi) is 8.74. The topological polar surface area (TPSA) is 167 Å². The number of hydrogen-bond acceptors (Lipinski definition) is 8. The van der Waals surface area contributed by atoms with Crippen LogP contribution in [0.25, 0.3) is 16.8 Å². The van der Waals surface area contributed by atoms with Crippen molar-refractivity contribution < 1.29 is 34.0 Å². The van der Waals surface area contributed by atoms with E-state index in [9.17, 15) is 19.2 Å². The van der Waals surface area contributed by atoms with Crippen LogP contribution in [0.3, 0.4) is 0 Å². The first-order valence-corrected chi connectivity index (χ1v) is 14.2. The molecular formula is C33H31N6O6+. The van der Waals surface area contributed by atoms with Crippen LogP contribution in [-0.4, -0.2) is 66.2 Å². The molecule has 12 heteroatoms. The Morgan fingerprint density at radius 2 is 1.93 bits per heavy atom. The first-order valence-electron chi connectivity index (χ1n) is 14.2. The maximum Gasteiger partial charge on any atom is 0.323 e. The van der Waals surface area contributed by atoms with Crippen LogP contribution in [0.15, 0.2) is 60.8 Å². The standard InChI is InChI=1S/C33H30N6O6/c1-4-28(40)45-27-12-11-26(23(16-34)17-35-2)36-29(27)21-7-5-20(6-8-21)13-14-33(31(42)37-32(43)38-33)19-39-18-22-9-10-24(44-3)15-25(22)30(39)41/h5-12,15-17,34-35H,4,18-19H2,1-3H3,(H2,37,38,42,43)/p+1/b23-17+,34-16?/t33-/m1/s1. The quantitative estimate of drug-likeness (QED) is 0.125. The summed E-state index contributed by atoms with van der Waals surface area (Å²) < 4.78 is 10.8. The lowest BCUT2D eigenvalue weighted by atomic mass is 9.98. The number of amides is 4. The SMILES string of the molecule is CCC(=O)Oc1ccc(/C(C=N)=C/[NH2+]C)nc1-c1ccc(C#C[C@]2(CN3Cc4ccc(OC)cc4C3=O)NC(=O)NC2=O)cc1. The third-order valence-electron chi connectivity index (χ3n) is 7.31. The van der Waals surface area contributed by atoms with Crippen molar-refractivity contribution in [2.24, 2.45) is 0 Å². The van der Waals surface area contributed by atoms with Crippen LogP contribution in [0.4, 0.5) is 4.79 Å². The third-order valence-corrected chi connectivity index (χ3v) is 7.31. The molecule has 2 aromatic carbocycles. The number of ether oxygens (including phenoxy) is 2. The average molecular weight is 608 g/mol. The monoisotopic (exact) mass is 607 g/mol. The fourth-order valence-corrected chi connectivity index (χ4v) is 4.98.